The molecule has 2 aliphatic rings. The van der Waals surface area contributed by atoms with Gasteiger partial charge >= 0.3 is 0 Å². The van der Waals surface area contributed by atoms with Gasteiger partial charge in [-0.05, 0) is 67.4 Å². The third kappa shape index (κ3) is 6.47. The molecule has 222 valence electrons. The van der Waals surface area contributed by atoms with Crippen LogP contribution in [-0.2, 0) is 9.59 Å². The molecule has 3 aromatic carbocycles. The highest BCUT2D eigenvalue weighted by Gasteiger charge is 2.54. The van der Waals surface area contributed by atoms with Gasteiger partial charge in [0.15, 0.2) is 5.78 Å². The maximum Gasteiger partial charge on any atom is 0.274 e. The van der Waals surface area contributed by atoms with Gasteiger partial charge in [0.2, 0.25) is 0 Å². The van der Waals surface area contributed by atoms with Gasteiger partial charge in [0.25, 0.3) is 23.4 Å². The van der Waals surface area contributed by atoms with E-state index in [0.717, 1.165) is 10.0 Å². The number of benzene rings is 3. The molecule has 0 spiro atoms. The lowest BCUT2D eigenvalue weighted by atomic mass is 9.81. The fourth-order valence-corrected chi connectivity index (χ4v) is 6.79. The summed E-state index contributed by atoms with van der Waals surface area (Å²) in [6.45, 7) is -0.618. The van der Waals surface area contributed by atoms with Gasteiger partial charge in [-0.25, -0.2) is 5.01 Å². The number of alkyl halides is 2. The molecule has 43 heavy (non-hydrogen) atoms. The van der Waals surface area contributed by atoms with E-state index in [1.165, 1.54) is 66.7 Å². The number of ketones is 1. The van der Waals surface area contributed by atoms with Crippen molar-refractivity contribution >= 4 is 84.3 Å². The zero-order valence-corrected chi connectivity index (χ0v) is 26.7. The van der Waals surface area contributed by atoms with E-state index < -0.39 is 46.8 Å². The van der Waals surface area contributed by atoms with Crippen molar-refractivity contribution in [2.45, 2.75) is 22.5 Å². The Morgan fingerprint density at radius 2 is 1.44 bits per heavy atom. The first-order valence-electron chi connectivity index (χ1n) is 12.9. The predicted molar refractivity (Wildman–Crippen MR) is 165 cm³/mol. The molecule has 0 radical (unpaired) electrons. The fraction of sp³-hybridized carbons (Fsp3) is 0.241. The second-order valence-electron chi connectivity index (χ2n) is 9.99. The highest BCUT2D eigenvalue weighted by Crippen LogP contribution is 2.44. The minimum absolute atomic E-state index is 0.000232. The van der Waals surface area contributed by atoms with Gasteiger partial charge in [0.1, 0.15) is 18.0 Å². The Morgan fingerprint density at radius 3 is 1.95 bits per heavy atom. The van der Waals surface area contributed by atoms with Crippen molar-refractivity contribution in [3.8, 4) is 11.5 Å². The number of Topliss-reactive ketones (excluding diaryl/α,β-unsaturated/α-hetero) is 1. The lowest BCUT2D eigenvalue weighted by molar-refractivity contribution is -0.384. The molecule has 3 amide bonds. The molecule has 0 bridgehead atoms. The van der Waals surface area contributed by atoms with Crippen LogP contribution in [0.1, 0.15) is 33.6 Å². The van der Waals surface area contributed by atoms with Crippen LogP contribution < -0.4 is 4.74 Å². The zero-order valence-electron chi connectivity index (χ0n) is 22.0. The van der Waals surface area contributed by atoms with E-state index in [0.29, 0.717) is 24.3 Å². The minimum atomic E-state index is -0.806. The molecular formula is C29H21Br2Cl2N3O7. The Morgan fingerprint density at radius 1 is 0.907 bits per heavy atom. The van der Waals surface area contributed by atoms with E-state index in [1.54, 1.807) is 0 Å². The summed E-state index contributed by atoms with van der Waals surface area (Å²) in [7, 11) is 0. The molecule has 0 unspecified atom stereocenters. The second kappa shape index (κ2) is 12.7. The summed E-state index contributed by atoms with van der Waals surface area (Å²) in [5, 5.41) is 12.8. The van der Waals surface area contributed by atoms with Crippen molar-refractivity contribution in [3.05, 3.63) is 98.0 Å². The van der Waals surface area contributed by atoms with Gasteiger partial charge in [0.05, 0.1) is 27.3 Å². The zero-order chi connectivity index (χ0) is 31.0. The number of imide groups is 1. The van der Waals surface area contributed by atoms with Crippen LogP contribution in [0.25, 0.3) is 0 Å². The number of hydrogen-bond donors (Lipinski definition) is 0. The first-order chi connectivity index (χ1) is 20.4. The van der Waals surface area contributed by atoms with Crippen LogP contribution in [0.2, 0.25) is 10.0 Å². The van der Waals surface area contributed by atoms with Crippen molar-refractivity contribution in [1.29, 1.82) is 0 Å². The van der Waals surface area contributed by atoms with Crippen LogP contribution >= 0.6 is 55.1 Å². The summed E-state index contributed by atoms with van der Waals surface area (Å²) >= 11 is 19.4. The van der Waals surface area contributed by atoms with E-state index >= 15 is 0 Å². The van der Waals surface area contributed by atoms with Crippen molar-refractivity contribution in [2.75, 3.05) is 6.54 Å². The molecule has 1 saturated heterocycles. The van der Waals surface area contributed by atoms with Gasteiger partial charge in [0, 0.05) is 32.4 Å². The van der Waals surface area contributed by atoms with Crippen molar-refractivity contribution in [3.63, 3.8) is 0 Å². The third-order valence-electron chi connectivity index (χ3n) is 7.28. The number of halogens is 4. The molecule has 5 rings (SSSR count). The number of hydrazine groups is 1. The molecule has 1 saturated carbocycles. The number of carbonyl (C=O) groups excluding carboxylic acids is 4. The van der Waals surface area contributed by atoms with Gasteiger partial charge < -0.3 is 4.74 Å². The number of amides is 3. The Hall–Kier alpha value is -3.32. The fourth-order valence-electron chi connectivity index (χ4n) is 5.06. The maximum atomic E-state index is 13.8. The molecule has 1 aliphatic carbocycles. The summed E-state index contributed by atoms with van der Waals surface area (Å²) < 4.78 is 5.70. The topological polar surface area (TPSA) is 127 Å². The standard InChI is InChI=1S/C29H21Br2Cl2N3O7/c30-23-12-21-22(13-24(23)31)29(40)35(28(21)39)34(27(38)20-10-3-16(32)11-25(20)33)14-26(37)15-1-6-18(7-2-15)43-19-8-4-17(5-9-19)36(41)42/h1-11,21-24H,12-14H2/t21-,22-,23+,24+/m1/s1. The third-order valence-corrected chi connectivity index (χ3v) is 10.6. The molecule has 0 N–H and O–H groups in total. The van der Waals surface area contributed by atoms with Crippen LogP contribution in [0.15, 0.2) is 66.7 Å². The van der Waals surface area contributed by atoms with Crippen LogP contribution in [-0.4, -0.2) is 54.6 Å². The van der Waals surface area contributed by atoms with Gasteiger partial charge in [-0.2, -0.15) is 5.01 Å². The highest BCUT2D eigenvalue weighted by atomic mass is 79.9. The summed E-state index contributed by atoms with van der Waals surface area (Å²) in [4.78, 5) is 64.7. The van der Waals surface area contributed by atoms with E-state index in [-0.39, 0.29) is 36.5 Å². The maximum absolute atomic E-state index is 13.8. The molecule has 3 aromatic rings. The molecular weight excluding hydrogens is 733 g/mol. The number of nitro groups is 1. The summed E-state index contributed by atoms with van der Waals surface area (Å²) in [6, 6.07) is 15.7. The largest absolute Gasteiger partial charge is 0.457 e. The monoisotopic (exact) mass is 751 g/mol. The highest BCUT2D eigenvalue weighted by molar-refractivity contribution is 9.12. The molecule has 14 heteroatoms. The Kier molecular flexibility index (Phi) is 9.21. The summed E-state index contributed by atoms with van der Waals surface area (Å²) in [5.74, 6) is -3.06. The first-order valence-corrected chi connectivity index (χ1v) is 15.5. The average Bonchev–Trinajstić information content (AvgIpc) is 3.20. The molecule has 0 aromatic heterocycles. The van der Waals surface area contributed by atoms with Crippen LogP contribution in [0.5, 0.6) is 11.5 Å². The lowest BCUT2D eigenvalue weighted by Crippen LogP contribution is -2.52. The Balaban J connectivity index is 1.40. The number of nitro benzene ring substituents is 1. The number of non-ortho nitro benzene ring substituents is 1. The Bertz CT molecular complexity index is 1590. The quantitative estimate of drug-likeness (QED) is 0.0809. The van der Waals surface area contributed by atoms with Gasteiger partial charge in [-0.3, -0.25) is 29.3 Å². The lowest BCUT2D eigenvalue weighted by Gasteiger charge is -2.30. The number of hydrogen-bond acceptors (Lipinski definition) is 7. The van der Waals surface area contributed by atoms with Crippen LogP contribution in [0.3, 0.4) is 0 Å². The minimum Gasteiger partial charge on any atom is -0.457 e. The number of rotatable bonds is 8. The van der Waals surface area contributed by atoms with Gasteiger partial charge in [-0.1, -0.05) is 55.1 Å². The SMILES string of the molecule is O=C(CN(C(=O)c1ccc(Cl)cc1Cl)N1C(=O)[C@@H]2C[C@H](Br)[C@@H](Br)C[C@H]2C1=O)c1ccc(Oc2ccc([N+](=O)[O-])cc2)cc1. The smallest absolute Gasteiger partial charge is 0.274 e. The van der Waals surface area contributed by atoms with Crippen molar-refractivity contribution in [1.82, 2.24) is 10.0 Å². The average molecular weight is 754 g/mol. The molecule has 1 aliphatic heterocycles. The van der Waals surface area contributed by atoms with E-state index in [1.807, 2.05) is 0 Å². The Labute approximate surface area is 272 Å². The second-order valence-corrected chi connectivity index (χ2v) is 13.2. The molecule has 10 nitrogen and oxygen atoms in total. The van der Waals surface area contributed by atoms with Gasteiger partial charge in [-0.15, -0.1) is 0 Å². The van der Waals surface area contributed by atoms with E-state index in [2.05, 4.69) is 31.9 Å². The summed E-state index contributed by atoms with van der Waals surface area (Å²) in [5.41, 5.74) is 0.0760. The van der Waals surface area contributed by atoms with E-state index in [9.17, 15) is 29.3 Å². The molecule has 2 fully saturated rings. The number of nitrogens with zero attached hydrogens (tertiary/aromatic N) is 3. The summed E-state index contributed by atoms with van der Waals surface area (Å²) in [6.07, 6.45) is 0.769. The van der Waals surface area contributed by atoms with Crippen molar-refractivity contribution in [2.24, 2.45) is 11.8 Å². The predicted octanol–water partition coefficient (Wildman–Crippen LogP) is 6.86. The molecule has 4 atom stereocenters. The van der Waals surface area contributed by atoms with Crippen LogP contribution in [0.4, 0.5) is 5.69 Å². The van der Waals surface area contributed by atoms with E-state index in [4.69, 9.17) is 27.9 Å². The number of ether oxygens (including phenoxy) is 1. The normalized spacial score (nSPS) is 21.3. The van der Waals surface area contributed by atoms with Crippen LogP contribution in [0, 0.1) is 22.0 Å². The number of fused-ring (bicyclic) bond motifs is 1. The first kappa shape index (κ1) is 31.1. The number of carbonyl (C=O) groups is 4. The van der Waals surface area contributed by atoms with Crippen molar-refractivity contribution < 1.29 is 28.8 Å². The molecule has 1 heterocycles.